The van der Waals surface area contributed by atoms with Crippen LogP contribution >= 0.6 is 0 Å². The number of carbonyl (C=O) groups excluding carboxylic acids is 1. The van der Waals surface area contributed by atoms with E-state index < -0.39 is 0 Å². The lowest BCUT2D eigenvalue weighted by Crippen LogP contribution is -2.15. The standard InChI is InChI=1S/C23H21NO3/c1-24(2)20-10-7-16(18-5-3-4-6-19(18)20)8-11-21(25)17-9-12-22-23(15-17)27-14-13-26-22/h3-12,15H,13-14H2,1-2H3/b11-8+. The van der Waals surface area contributed by atoms with Crippen molar-refractivity contribution in [1.82, 2.24) is 0 Å². The van der Waals surface area contributed by atoms with Crippen LogP contribution in [0.25, 0.3) is 16.8 Å². The van der Waals surface area contributed by atoms with Crippen LogP contribution in [0.3, 0.4) is 0 Å². The maximum atomic E-state index is 12.6. The third-order valence-corrected chi connectivity index (χ3v) is 4.66. The molecule has 0 N–H and O–H groups in total. The van der Waals surface area contributed by atoms with Gasteiger partial charge in [-0.3, -0.25) is 4.79 Å². The number of carbonyl (C=O) groups is 1. The lowest BCUT2D eigenvalue weighted by molar-refractivity contribution is 0.104. The van der Waals surface area contributed by atoms with Crippen molar-refractivity contribution in [3.63, 3.8) is 0 Å². The van der Waals surface area contributed by atoms with Crippen molar-refractivity contribution in [3.8, 4) is 11.5 Å². The number of benzene rings is 3. The topological polar surface area (TPSA) is 38.8 Å². The Morgan fingerprint density at radius 1 is 0.926 bits per heavy atom. The molecule has 27 heavy (non-hydrogen) atoms. The fourth-order valence-corrected chi connectivity index (χ4v) is 3.30. The fourth-order valence-electron chi connectivity index (χ4n) is 3.30. The maximum Gasteiger partial charge on any atom is 0.185 e. The van der Waals surface area contributed by atoms with Crippen LogP contribution in [0.1, 0.15) is 15.9 Å². The molecule has 4 rings (SSSR count). The first-order valence-electron chi connectivity index (χ1n) is 8.94. The van der Waals surface area contributed by atoms with E-state index in [2.05, 4.69) is 23.1 Å². The SMILES string of the molecule is CN(C)c1ccc(/C=C/C(=O)c2ccc3c(c2)OCCO3)c2ccccc12. The quantitative estimate of drug-likeness (QED) is 0.505. The summed E-state index contributed by atoms with van der Waals surface area (Å²) in [5.74, 6) is 1.25. The van der Waals surface area contributed by atoms with Gasteiger partial charge in [0, 0.05) is 30.7 Å². The molecular weight excluding hydrogens is 338 g/mol. The molecule has 3 aromatic rings. The van der Waals surface area contributed by atoms with Gasteiger partial charge in [0.25, 0.3) is 0 Å². The minimum atomic E-state index is -0.0623. The van der Waals surface area contributed by atoms with E-state index in [1.807, 2.05) is 38.4 Å². The van der Waals surface area contributed by atoms with Gasteiger partial charge in [0.2, 0.25) is 0 Å². The third kappa shape index (κ3) is 3.38. The fraction of sp³-hybridized carbons (Fsp3) is 0.174. The number of hydrogen-bond donors (Lipinski definition) is 0. The molecule has 0 fully saturated rings. The van der Waals surface area contributed by atoms with Crippen LogP contribution < -0.4 is 14.4 Å². The molecule has 4 nitrogen and oxygen atoms in total. The number of allylic oxidation sites excluding steroid dienone is 1. The molecule has 1 heterocycles. The number of ether oxygens (including phenoxy) is 2. The van der Waals surface area contributed by atoms with Crippen molar-refractivity contribution in [2.24, 2.45) is 0 Å². The summed E-state index contributed by atoms with van der Waals surface area (Å²) in [5, 5.41) is 2.28. The smallest absolute Gasteiger partial charge is 0.185 e. The second-order valence-corrected chi connectivity index (χ2v) is 6.67. The molecule has 4 heteroatoms. The van der Waals surface area contributed by atoms with Gasteiger partial charge in [-0.25, -0.2) is 0 Å². The third-order valence-electron chi connectivity index (χ3n) is 4.66. The number of fused-ring (bicyclic) bond motifs is 2. The lowest BCUT2D eigenvalue weighted by atomic mass is 10.0. The van der Waals surface area contributed by atoms with Crippen LogP contribution in [0.15, 0.2) is 60.7 Å². The van der Waals surface area contributed by atoms with Crippen LogP contribution in [0.2, 0.25) is 0 Å². The van der Waals surface area contributed by atoms with Crippen LogP contribution in [0, 0.1) is 0 Å². The molecule has 0 bridgehead atoms. The van der Waals surface area contributed by atoms with Gasteiger partial charge < -0.3 is 14.4 Å². The van der Waals surface area contributed by atoms with E-state index in [0.717, 1.165) is 22.0 Å². The van der Waals surface area contributed by atoms with Gasteiger partial charge in [-0.15, -0.1) is 0 Å². The lowest BCUT2D eigenvalue weighted by Gasteiger charge is -2.18. The molecule has 136 valence electrons. The maximum absolute atomic E-state index is 12.6. The monoisotopic (exact) mass is 359 g/mol. The van der Waals surface area contributed by atoms with Gasteiger partial charge in [0.05, 0.1) is 0 Å². The summed E-state index contributed by atoms with van der Waals surface area (Å²) in [6.45, 7) is 1.04. The van der Waals surface area contributed by atoms with E-state index >= 15 is 0 Å². The Balaban J connectivity index is 1.65. The number of hydrogen-bond acceptors (Lipinski definition) is 4. The van der Waals surface area contributed by atoms with Crippen molar-refractivity contribution in [2.45, 2.75) is 0 Å². The number of ketones is 1. The molecule has 0 unspecified atom stereocenters. The first-order chi connectivity index (χ1) is 13.1. The second-order valence-electron chi connectivity index (χ2n) is 6.67. The van der Waals surface area contributed by atoms with Crippen LogP contribution in [0.4, 0.5) is 5.69 Å². The van der Waals surface area contributed by atoms with Crippen molar-refractivity contribution >= 4 is 28.3 Å². The molecule has 0 amide bonds. The Morgan fingerprint density at radius 2 is 1.67 bits per heavy atom. The minimum absolute atomic E-state index is 0.0623. The van der Waals surface area contributed by atoms with E-state index in [0.29, 0.717) is 30.3 Å². The summed E-state index contributed by atoms with van der Waals surface area (Å²) in [5.41, 5.74) is 2.76. The predicted molar refractivity (Wildman–Crippen MR) is 109 cm³/mol. The van der Waals surface area contributed by atoms with Crippen molar-refractivity contribution in [1.29, 1.82) is 0 Å². The van der Waals surface area contributed by atoms with Crippen molar-refractivity contribution < 1.29 is 14.3 Å². The minimum Gasteiger partial charge on any atom is -0.486 e. The molecule has 1 aliphatic heterocycles. The van der Waals surface area contributed by atoms with Crippen molar-refractivity contribution in [2.75, 3.05) is 32.2 Å². The zero-order valence-electron chi connectivity index (χ0n) is 15.4. The number of anilines is 1. The molecule has 0 saturated carbocycles. The first-order valence-corrected chi connectivity index (χ1v) is 8.94. The van der Waals surface area contributed by atoms with Crippen LogP contribution in [0.5, 0.6) is 11.5 Å². The molecule has 0 radical (unpaired) electrons. The average Bonchev–Trinajstić information content (AvgIpc) is 2.71. The van der Waals surface area contributed by atoms with Gasteiger partial charge >= 0.3 is 0 Å². The summed E-state index contributed by atoms with van der Waals surface area (Å²) in [4.78, 5) is 14.7. The Labute approximate surface area is 158 Å². The molecule has 0 spiro atoms. The molecular formula is C23H21NO3. The summed E-state index contributed by atoms with van der Waals surface area (Å²) in [7, 11) is 4.06. The largest absolute Gasteiger partial charge is 0.486 e. The zero-order valence-corrected chi connectivity index (χ0v) is 15.4. The Bertz CT molecular complexity index is 1040. The Morgan fingerprint density at radius 3 is 2.44 bits per heavy atom. The van der Waals surface area contributed by atoms with Gasteiger partial charge in [-0.1, -0.05) is 36.4 Å². The summed E-state index contributed by atoms with van der Waals surface area (Å²) in [6, 6.07) is 17.7. The molecule has 3 aromatic carbocycles. The van der Waals surface area contributed by atoms with Gasteiger partial charge in [-0.2, -0.15) is 0 Å². The summed E-state index contributed by atoms with van der Waals surface area (Å²) >= 11 is 0. The summed E-state index contributed by atoms with van der Waals surface area (Å²) in [6.07, 6.45) is 3.49. The van der Waals surface area contributed by atoms with Crippen LogP contribution in [-0.2, 0) is 0 Å². The highest BCUT2D eigenvalue weighted by molar-refractivity contribution is 6.09. The molecule has 0 saturated heterocycles. The van der Waals surface area contributed by atoms with Crippen LogP contribution in [-0.4, -0.2) is 33.1 Å². The van der Waals surface area contributed by atoms with Crippen molar-refractivity contribution in [3.05, 3.63) is 71.8 Å². The van der Waals surface area contributed by atoms with E-state index in [-0.39, 0.29) is 5.78 Å². The predicted octanol–water partition coefficient (Wildman–Crippen LogP) is 4.57. The highest BCUT2D eigenvalue weighted by atomic mass is 16.6. The van der Waals surface area contributed by atoms with E-state index in [4.69, 9.17) is 9.47 Å². The molecule has 0 aliphatic carbocycles. The highest BCUT2D eigenvalue weighted by Gasteiger charge is 2.14. The van der Waals surface area contributed by atoms with Gasteiger partial charge in [0.15, 0.2) is 17.3 Å². The summed E-state index contributed by atoms with van der Waals surface area (Å²) < 4.78 is 11.1. The average molecular weight is 359 g/mol. The van der Waals surface area contributed by atoms with E-state index in [9.17, 15) is 4.79 Å². The molecule has 0 atom stereocenters. The Kier molecular flexibility index (Phi) is 4.55. The Hall–Kier alpha value is -3.27. The first kappa shape index (κ1) is 17.2. The highest BCUT2D eigenvalue weighted by Crippen LogP contribution is 2.32. The van der Waals surface area contributed by atoms with E-state index in [1.54, 1.807) is 24.3 Å². The zero-order chi connectivity index (χ0) is 18.8. The number of rotatable bonds is 4. The van der Waals surface area contributed by atoms with Gasteiger partial charge in [0.1, 0.15) is 13.2 Å². The van der Waals surface area contributed by atoms with Gasteiger partial charge in [-0.05, 0) is 41.3 Å². The normalized spacial score (nSPS) is 13.1. The second kappa shape index (κ2) is 7.16. The van der Waals surface area contributed by atoms with E-state index in [1.165, 1.54) is 0 Å². The molecule has 0 aromatic heterocycles. The number of nitrogens with zero attached hydrogens (tertiary/aromatic N) is 1. The molecule has 1 aliphatic rings.